The Kier molecular flexibility index (Phi) is 3.19. The Bertz CT molecular complexity index is 1080. The third-order valence-electron chi connectivity index (χ3n) is 4.61. The molecule has 4 rings (SSSR count). The normalized spacial score (nSPS) is 17.8. The van der Waals surface area contributed by atoms with E-state index in [4.69, 9.17) is 4.42 Å². The van der Waals surface area contributed by atoms with Crippen molar-refractivity contribution < 1.29 is 13.2 Å². The lowest BCUT2D eigenvalue weighted by atomic mass is 9.81. The van der Waals surface area contributed by atoms with Crippen LogP contribution in [0, 0.1) is 0 Å². The molecule has 0 N–H and O–H groups in total. The van der Waals surface area contributed by atoms with E-state index in [1.807, 2.05) is 0 Å². The minimum absolute atomic E-state index is 0.0507. The SMILES string of the molecule is CC1(C)N=C(c2ccc3occc(=O)c3c2)c2ccccc2C1(F)F. The third kappa shape index (κ3) is 2.22. The monoisotopic (exact) mass is 339 g/mol. The first-order chi connectivity index (χ1) is 11.8. The minimum atomic E-state index is -3.08. The summed E-state index contributed by atoms with van der Waals surface area (Å²) in [6, 6.07) is 12.8. The lowest BCUT2D eigenvalue weighted by Gasteiger charge is -2.37. The van der Waals surface area contributed by atoms with Gasteiger partial charge in [0, 0.05) is 22.8 Å². The van der Waals surface area contributed by atoms with E-state index in [9.17, 15) is 13.6 Å². The Labute approximate surface area is 142 Å². The van der Waals surface area contributed by atoms with E-state index in [1.165, 1.54) is 32.2 Å². The van der Waals surface area contributed by atoms with Crippen LogP contribution in [0.15, 0.2) is 69.0 Å². The summed E-state index contributed by atoms with van der Waals surface area (Å²) >= 11 is 0. The van der Waals surface area contributed by atoms with Crippen LogP contribution in [0.25, 0.3) is 11.0 Å². The van der Waals surface area contributed by atoms with Crippen LogP contribution in [-0.4, -0.2) is 11.3 Å². The molecule has 1 aliphatic heterocycles. The van der Waals surface area contributed by atoms with E-state index in [-0.39, 0.29) is 11.0 Å². The molecule has 0 amide bonds. The number of halogens is 2. The topological polar surface area (TPSA) is 42.6 Å². The van der Waals surface area contributed by atoms with Crippen LogP contribution in [0.1, 0.15) is 30.5 Å². The standard InChI is InChI=1S/C20H15F2NO2/c1-19(2)20(21,22)15-6-4-3-5-13(15)18(23-19)12-7-8-17-14(11-12)16(24)9-10-25-17/h3-11H,1-2H3. The minimum Gasteiger partial charge on any atom is -0.464 e. The van der Waals surface area contributed by atoms with Gasteiger partial charge in [0.25, 0.3) is 5.92 Å². The second-order valence-corrected chi connectivity index (χ2v) is 6.64. The van der Waals surface area contributed by atoms with E-state index >= 15 is 0 Å². The molecule has 25 heavy (non-hydrogen) atoms. The Balaban J connectivity index is 2.01. The molecular formula is C20H15F2NO2. The highest BCUT2D eigenvalue weighted by atomic mass is 19.3. The van der Waals surface area contributed by atoms with E-state index in [1.54, 1.807) is 36.4 Å². The fourth-order valence-electron chi connectivity index (χ4n) is 3.15. The van der Waals surface area contributed by atoms with Gasteiger partial charge in [-0.05, 0) is 32.0 Å². The average molecular weight is 339 g/mol. The van der Waals surface area contributed by atoms with Crippen LogP contribution in [0.3, 0.4) is 0 Å². The molecule has 0 spiro atoms. The van der Waals surface area contributed by atoms with Gasteiger partial charge in [-0.15, -0.1) is 0 Å². The Morgan fingerprint density at radius 1 is 1.04 bits per heavy atom. The molecule has 0 saturated carbocycles. The predicted octanol–water partition coefficient (Wildman–Crippen LogP) is 4.51. The Morgan fingerprint density at radius 2 is 1.80 bits per heavy atom. The molecule has 0 radical (unpaired) electrons. The van der Waals surface area contributed by atoms with Gasteiger partial charge >= 0.3 is 0 Å². The largest absolute Gasteiger partial charge is 0.464 e. The first-order valence-electron chi connectivity index (χ1n) is 7.91. The molecular weight excluding hydrogens is 324 g/mol. The number of nitrogens with zero attached hydrogens (tertiary/aromatic N) is 1. The maximum Gasteiger partial charge on any atom is 0.297 e. The highest BCUT2D eigenvalue weighted by Gasteiger charge is 2.52. The number of benzene rings is 2. The van der Waals surface area contributed by atoms with Crippen molar-refractivity contribution in [2.75, 3.05) is 0 Å². The van der Waals surface area contributed by atoms with Gasteiger partial charge < -0.3 is 4.42 Å². The Hall–Kier alpha value is -2.82. The van der Waals surface area contributed by atoms with Crippen molar-refractivity contribution >= 4 is 16.7 Å². The van der Waals surface area contributed by atoms with Crippen molar-refractivity contribution in [1.29, 1.82) is 0 Å². The van der Waals surface area contributed by atoms with E-state index in [2.05, 4.69) is 4.99 Å². The highest BCUT2D eigenvalue weighted by molar-refractivity contribution is 6.15. The molecule has 0 atom stereocenters. The van der Waals surface area contributed by atoms with Crippen molar-refractivity contribution in [3.63, 3.8) is 0 Å². The van der Waals surface area contributed by atoms with Gasteiger partial charge in [-0.3, -0.25) is 9.79 Å². The molecule has 1 aliphatic rings. The quantitative estimate of drug-likeness (QED) is 0.654. The molecule has 0 saturated heterocycles. The first kappa shape index (κ1) is 15.7. The number of rotatable bonds is 1. The van der Waals surface area contributed by atoms with Crippen LogP contribution >= 0.6 is 0 Å². The average Bonchev–Trinajstić information content (AvgIpc) is 2.59. The molecule has 3 aromatic rings. The van der Waals surface area contributed by atoms with Gasteiger partial charge in [0.05, 0.1) is 17.4 Å². The van der Waals surface area contributed by atoms with Crippen molar-refractivity contribution in [2.24, 2.45) is 4.99 Å². The van der Waals surface area contributed by atoms with Crippen molar-refractivity contribution in [3.8, 4) is 0 Å². The fraction of sp³-hybridized carbons (Fsp3) is 0.200. The molecule has 1 aromatic heterocycles. The molecule has 5 heteroatoms. The maximum atomic E-state index is 14.8. The number of hydrogen-bond acceptors (Lipinski definition) is 3. The van der Waals surface area contributed by atoms with Gasteiger partial charge in [-0.2, -0.15) is 8.78 Å². The maximum absolute atomic E-state index is 14.8. The summed E-state index contributed by atoms with van der Waals surface area (Å²) in [4.78, 5) is 16.4. The molecule has 2 aromatic carbocycles. The second kappa shape index (κ2) is 5.09. The number of fused-ring (bicyclic) bond motifs is 2. The summed E-state index contributed by atoms with van der Waals surface area (Å²) in [6.07, 6.45) is 1.33. The van der Waals surface area contributed by atoms with Gasteiger partial charge in [-0.1, -0.05) is 24.3 Å². The smallest absolute Gasteiger partial charge is 0.297 e. The third-order valence-corrected chi connectivity index (χ3v) is 4.61. The summed E-state index contributed by atoms with van der Waals surface area (Å²) in [5, 5.41) is 0.398. The molecule has 0 aliphatic carbocycles. The molecule has 2 heterocycles. The second-order valence-electron chi connectivity index (χ2n) is 6.64. The molecule has 0 bridgehead atoms. The zero-order chi connectivity index (χ0) is 17.8. The summed E-state index contributed by atoms with van der Waals surface area (Å²) in [5.74, 6) is -3.08. The lowest BCUT2D eigenvalue weighted by Crippen LogP contribution is -2.44. The zero-order valence-corrected chi connectivity index (χ0v) is 13.7. The zero-order valence-electron chi connectivity index (χ0n) is 13.7. The van der Waals surface area contributed by atoms with Crippen LogP contribution in [0.5, 0.6) is 0 Å². The Morgan fingerprint density at radius 3 is 2.60 bits per heavy atom. The number of alkyl halides is 2. The van der Waals surface area contributed by atoms with Crippen molar-refractivity contribution in [3.05, 3.63) is 81.7 Å². The molecule has 0 unspecified atom stereocenters. The van der Waals surface area contributed by atoms with E-state index in [0.717, 1.165) is 0 Å². The van der Waals surface area contributed by atoms with Gasteiger partial charge in [-0.25, -0.2) is 0 Å². The van der Waals surface area contributed by atoms with Crippen molar-refractivity contribution in [2.45, 2.75) is 25.3 Å². The van der Waals surface area contributed by atoms with E-state index < -0.39 is 11.5 Å². The fourth-order valence-corrected chi connectivity index (χ4v) is 3.15. The van der Waals surface area contributed by atoms with Crippen LogP contribution in [0.4, 0.5) is 8.78 Å². The van der Waals surface area contributed by atoms with E-state index in [0.29, 0.717) is 27.8 Å². The summed E-state index contributed by atoms with van der Waals surface area (Å²) < 4.78 is 34.9. The molecule has 3 nitrogen and oxygen atoms in total. The van der Waals surface area contributed by atoms with Crippen LogP contribution in [-0.2, 0) is 5.92 Å². The van der Waals surface area contributed by atoms with Gasteiger partial charge in [0.1, 0.15) is 11.1 Å². The summed E-state index contributed by atoms with van der Waals surface area (Å²) in [7, 11) is 0. The van der Waals surface area contributed by atoms with Gasteiger partial charge in [0.2, 0.25) is 0 Å². The number of hydrogen-bond donors (Lipinski definition) is 0. The van der Waals surface area contributed by atoms with Crippen LogP contribution < -0.4 is 5.43 Å². The molecule has 0 fully saturated rings. The first-order valence-corrected chi connectivity index (χ1v) is 7.91. The highest BCUT2D eigenvalue weighted by Crippen LogP contribution is 2.46. The molecule has 126 valence electrons. The van der Waals surface area contributed by atoms with Gasteiger partial charge in [0.15, 0.2) is 5.43 Å². The summed E-state index contributed by atoms with van der Waals surface area (Å²) in [6.45, 7) is 2.83. The predicted molar refractivity (Wildman–Crippen MR) is 92.5 cm³/mol. The number of aliphatic imine (C=N–C) groups is 1. The summed E-state index contributed by atoms with van der Waals surface area (Å²) in [5.41, 5.74) is 0.0748. The lowest BCUT2D eigenvalue weighted by molar-refractivity contribution is -0.0681. The van der Waals surface area contributed by atoms with Crippen molar-refractivity contribution in [1.82, 2.24) is 0 Å². The van der Waals surface area contributed by atoms with Crippen LogP contribution in [0.2, 0.25) is 0 Å².